The second-order valence-electron chi connectivity index (χ2n) is 6.15. The number of carbonyl (C=O) groups excluding carboxylic acids is 2. The third-order valence-electron chi connectivity index (χ3n) is 4.29. The fourth-order valence-electron chi connectivity index (χ4n) is 2.29. The quantitative estimate of drug-likeness (QED) is 0.342. The molecular weight excluding hydrogens is 320 g/mol. The molecule has 0 aliphatic rings. The highest BCUT2D eigenvalue weighted by molar-refractivity contribution is 6.03. The summed E-state index contributed by atoms with van der Waals surface area (Å²) in [5.74, 6) is -0.506. The molecule has 1 rings (SSSR count). The fraction of sp³-hybridized carbons (Fsp3) is 0.600. The van der Waals surface area contributed by atoms with Crippen LogP contribution in [0.1, 0.15) is 68.2 Å². The monoisotopic (exact) mass is 350 g/mol. The Morgan fingerprint density at radius 1 is 1.04 bits per heavy atom. The van der Waals surface area contributed by atoms with Crippen molar-refractivity contribution in [2.24, 2.45) is 0 Å². The summed E-state index contributed by atoms with van der Waals surface area (Å²) in [5, 5.41) is 0. The van der Waals surface area contributed by atoms with E-state index in [1.54, 1.807) is 31.2 Å². The van der Waals surface area contributed by atoms with Gasteiger partial charge in [0, 0.05) is 12.2 Å². The Hall–Kier alpha value is -1.72. The molecule has 0 aromatic heterocycles. The van der Waals surface area contributed by atoms with Gasteiger partial charge in [-0.2, -0.15) is 0 Å². The maximum absolute atomic E-state index is 12.6. The van der Waals surface area contributed by atoms with Crippen LogP contribution in [0.15, 0.2) is 24.3 Å². The lowest BCUT2D eigenvalue weighted by molar-refractivity contribution is -0.0116. The SMILES string of the molecule is CCOC(C)(CC)C(=O)c1ccc(C(=O)OCCOC(C)CC)cc1. The van der Waals surface area contributed by atoms with Crippen LogP contribution in [-0.2, 0) is 14.2 Å². The van der Waals surface area contributed by atoms with Crippen LogP contribution in [0.3, 0.4) is 0 Å². The van der Waals surface area contributed by atoms with E-state index < -0.39 is 11.6 Å². The number of Topliss-reactive ketones (excluding diaryl/α,β-unsaturated/α-hetero) is 1. The van der Waals surface area contributed by atoms with Gasteiger partial charge in [-0.15, -0.1) is 0 Å². The molecule has 0 bridgehead atoms. The van der Waals surface area contributed by atoms with Gasteiger partial charge in [-0.1, -0.05) is 26.0 Å². The molecule has 2 atom stereocenters. The second-order valence-corrected chi connectivity index (χ2v) is 6.15. The standard InChI is InChI=1S/C20H30O5/c1-6-15(4)23-13-14-24-19(22)17-11-9-16(10-12-17)18(21)20(5,7-2)25-8-3/h9-12,15H,6-8,13-14H2,1-5H3. The first-order chi connectivity index (χ1) is 11.9. The molecule has 0 saturated carbocycles. The van der Waals surface area contributed by atoms with Gasteiger partial charge in [0.1, 0.15) is 12.2 Å². The fourth-order valence-corrected chi connectivity index (χ4v) is 2.29. The topological polar surface area (TPSA) is 61.8 Å². The predicted molar refractivity (Wildman–Crippen MR) is 97.1 cm³/mol. The first-order valence-electron chi connectivity index (χ1n) is 8.95. The van der Waals surface area contributed by atoms with E-state index in [9.17, 15) is 9.59 Å². The first-order valence-corrected chi connectivity index (χ1v) is 8.95. The van der Waals surface area contributed by atoms with Crippen molar-refractivity contribution < 1.29 is 23.8 Å². The molecule has 0 heterocycles. The summed E-state index contributed by atoms with van der Waals surface area (Å²) in [4.78, 5) is 24.6. The first kappa shape index (κ1) is 21.3. The zero-order valence-corrected chi connectivity index (χ0v) is 16.0. The van der Waals surface area contributed by atoms with Crippen molar-refractivity contribution in [3.63, 3.8) is 0 Å². The lowest BCUT2D eigenvalue weighted by Gasteiger charge is -2.26. The number of ketones is 1. The normalized spacial score (nSPS) is 14.6. The van der Waals surface area contributed by atoms with Crippen molar-refractivity contribution >= 4 is 11.8 Å². The molecule has 0 saturated heterocycles. The Kier molecular flexibility index (Phi) is 8.79. The van der Waals surface area contributed by atoms with E-state index >= 15 is 0 Å². The van der Waals surface area contributed by atoms with Crippen LogP contribution in [0.2, 0.25) is 0 Å². The highest BCUT2D eigenvalue weighted by Crippen LogP contribution is 2.22. The number of rotatable bonds is 11. The largest absolute Gasteiger partial charge is 0.460 e. The van der Waals surface area contributed by atoms with Crippen LogP contribution in [0.25, 0.3) is 0 Å². The number of benzene rings is 1. The minimum absolute atomic E-state index is 0.0845. The number of hydrogen-bond acceptors (Lipinski definition) is 5. The molecule has 0 radical (unpaired) electrons. The van der Waals surface area contributed by atoms with E-state index in [0.29, 0.717) is 30.8 Å². The minimum Gasteiger partial charge on any atom is -0.460 e. The number of ether oxygens (including phenoxy) is 3. The maximum atomic E-state index is 12.6. The number of carbonyl (C=O) groups is 2. The molecule has 0 aliphatic heterocycles. The average molecular weight is 350 g/mol. The maximum Gasteiger partial charge on any atom is 0.338 e. The van der Waals surface area contributed by atoms with Crippen molar-refractivity contribution in [3.8, 4) is 0 Å². The van der Waals surface area contributed by atoms with E-state index in [1.165, 1.54) is 0 Å². The van der Waals surface area contributed by atoms with E-state index in [0.717, 1.165) is 6.42 Å². The van der Waals surface area contributed by atoms with Gasteiger partial charge in [0.15, 0.2) is 5.78 Å². The third kappa shape index (κ3) is 6.25. The molecule has 1 aromatic carbocycles. The van der Waals surface area contributed by atoms with Crippen molar-refractivity contribution in [1.82, 2.24) is 0 Å². The van der Waals surface area contributed by atoms with Crippen LogP contribution in [0.4, 0.5) is 0 Å². The Morgan fingerprint density at radius 2 is 1.64 bits per heavy atom. The summed E-state index contributed by atoms with van der Waals surface area (Å²) in [6.07, 6.45) is 1.66. The Bertz CT molecular complexity index is 552. The van der Waals surface area contributed by atoms with E-state index in [1.807, 2.05) is 27.7 Å². The molecule has 5 nitrogen and oxygen atoms in total. The second kappa shape index (κ2) is 10.3. The van der Waals surface area contributed by atoms with Crippen molar-refractivity contribution in [1.29, 1.82) is 0 Å². The molecule has 0 fully saturated rings. The van der Waals surface area contributed by atoms with Gasteiger partial charge >= 0.3 is 5.97 Å². The molecule has 0 amide bonds. The molecule has 1 aromatic rings. The highest BCUT2D eigenvalue weighted by atomic mass is 16.6. The molecular formula is C20H30O5. The summed E-state index contributed by atoms with van der Waals surface area (Å²) in [7, 11) is 0. The van der Waals surface area contributed by atoms with E-state index in [4.69, 9.17) is 14.2 Å². The zero-order chi connectivity index (χ0) is 18.9. The summed E-state index contributed by atoms with van der Waals surface area (Å²) in [6, 6.07) is 6.49. The van der Waals surface area contributed by atoms with Gasteiger partial charge in [0.05, 0.1) is 18.3 Å². The Balaban J connectivity index is 2.63. The smallest absolute Gasteiger partial charge is 0.338 e. The van der Waals surface area contributed by atoms with Gasteiger partial charge in [0.2, 0.25) is 0 Å². The van der Waals surface area contributed by atoms with Gasteiger partial charge in [-0.05, 0) is 45.7 Å². The molecule has 25 heavy (non-hydrogen) atoms. The van der Waals surface area contributed by atoms with Crippen LogP contribution in [-0.4, -0.2) is 43.3 Å². The van der Waals surface area contributed by atoms with Crippen molar-refractivity contribution in [2.75, 3.05) is 19.8 Å². The van der Waals surface area contributed by atoms with Gasteiger partial charge < -0.3 is 14.2 Å². The summed E-state index contributed by atoms with van der Waals surface area (Å²) in [6.45, 7) is 10.6. The van der Waals surface area contributed by atoms with E-state index in [-0.39, 0.29) is 18.5 Å². The van der Waals surface area contributed by atoms with Crippen LogP contribution in [0.5, 0.6) is 0 Å². The van der Waals surface area contributed by atoms with E-state index in [2.05, 4.69) is 0 Å². The summed E-state index contributed by atoms with van der Waals surface area (Å²) in [5.41, 5.74) is 0.0912. The molecule has 140 valence electrons. The molecule has 2 unspecified atom stereocenters. The van der Waals surface area contributed by atoms with Crippen molar-refractivity contribution in [2.45, 2.75) is 59.2 Å². The molecule has 0 spiro atoms. The van der Waals surface area contributed by atoms with Crippen LogP contribution < -0.4 is 0 Å². The van der Waals surface area contributed by atoms with Gasteiger partial charge in [-0.3, -0.25) is 4.79 Å². The summed E-state index contributed by atoms with van der Waals surface area (Å²) < 4.78 is 16.3. The Labute approximate surface area is 150 Å². The van der Waals surface area contributed by atoms with Crippen molar-refractivity contribution in [3.05, 3.63) is 35.4 Å². The zero-order valence-electron chi connectivity index (χ0n) is 16.0. The van der Waals surface area contributed by atoms with Gasteiger partial charge in [0.25, 0.3) is 0 Å². The summed E-state index contributed by atoms with van der Waals surface area (Å²) >= 11 is 0. The number of hydrogen-bond donors (Lipinski definition) is 0. The predicted octanol–water partition coefficient (Wildman–Crippen LogP) is 4.05. The molecule has 0 aliphatic carbocycles. The minimum atomic E-state index is -0.843. The average Bonchev–Trinajstić information content (AvgIpc) is 2.64. The molecule has 5 heteroatoms. The lowest BCUT2D eigenvalue weighted by Crippen LogP contribution is -2.37. The van der Waals surface area contributed by atoms with Crippen LogP contribution in [0, 0.1) is 0 Å². The highest BCUT2D eigenvalue weighted by Gasteiger charge is 2.32. The molecule has 0 N–H and O–H groups in total. The van der Waals surface area contributed by atoms with Gasteiger partial charge in [-0.25, -0.2) is 4.79 Å². The Morgan fingerprint density at radius 3 is 2.16 bits per heavy atom. The lowest BCUT2D eigenvalue weighted by atomic mass is 9.91. The van der Waals surface area contributed by atoms with Crippen LogP contribution >= 0.6 is 0 Å². The number of esters is 1. The third-order valence-corrected chi connectivity index (χ3v) is 4.29.